The molecule has 0 radical (unpaired) electrons. The Balaban J connectivity index is 1.69. The van der Waals surface area contributed by atoms with Crippen LogP contribution in [0.4, 0.5) is 0 Å². The Morgan fingerprint density at radius 2 is 2.32 bits per heavy atom. The van der Waals surface area contributed by atoms with Gasteiger partial charge >= 0.3 is 0 Å². The van der Waals surface area contributed by atoms with Crippen molar-refractivity contribution in [2.75, 3.05) is 13.7 Å². The van der Waals surface area contributed by atoms with Gasteiger partial charge < -0.3 is 19.0 Å². The summed E-state index contributed by atoms with van der Waals surface area (Å²) in [6, 6.07) is 6.07. The molecule has 0 aromatic carbocycles. The molecule has 2 aromatic heterocycles. The second-order valence-electron chi connectivity index (χ2n) is 5.74. The van der Waals surface area contributed by atoms with Crippen molar-refractivity contribution in [3.63, 3.8) is 0 Å². The van der Waals surface area contributed by atoms with Crippen LogP contribution >= 0.6 is 0 Å². The third-order valence-corrected chi connectivity index (χ3v) is 4.28. The molecule has 5 heteroatoms. The lowest BCUT2D eigenvalue weighted by Gasteiger charge is -2.27. The number of furan rings is 1. The molecule has 0 unspecified atom stereocenters. The molecule has 0 spiro atoms. The van der Waals surface area contributed by atoms with Crippen LogP contribution in [0.2, 0.25) is 0 Å². The van der Waals surface area contributed by atoms with E-state index in [1.165, 1.54) is 11.3 Å². The van der Waals surface area contributed by atoms with Gasteiger partial charge in [0, 0.05) is 43.6 Å². The van der Waals surface area contributed by atoms with Crippen LogP contribution in [0.3, 0.4) is 0 Å². The van der Waals surface area contributed by atoms with Crippen molar-refractivity contribution >= 4 is 0 Å². The summed E-state index contributed by atoms with van der Waals surface area (Å²) in [4.78, 5) is 12.0. The van der Waals surface area contributed by atoms with E-state index >= 15 is 0 Å². The smallest absolute Gasteiger partial charge is 0.250 e. The van der Waals surface area contributed by atoms with Crippen LogP contribution < -0.4 is 10.9 Å². The Morgan fingerprint density at radius 3 is 3.09 bits per heavy atom. The Bertz CT molecular complexity index is 661. The van der Waals surface area contributed by atoms with Crippen LogP contribution in [-0.4, -0.2) is 24.3 Å². The molecule has 0 saturated heterocycles. The summed E-state index contributed by atoms with van der Waals surface area (Å²) in [5.41, 5.74) is 3.68. The van der Waals surface area contributed by atoms with Gasteiger partial charge in [-0.05, 0) is 30.9 Å². The standard InChI is InChI=1S/C17H22N2O3/c1-21-9-7-19-16-4-3-15(10-14(16)2-5-17(19)20)18-11-13-6-8-22-12-13/h2,5-6,8,12,15,18H,3-4,7,9-11H2,1H3/t15-/m1/s1. The molecule has 3 rings (SSSR count). The summed E-state index contributed by atoms with van der Waals surface area (Å²) < 4.78 is 12.1. The number of aromatic nitrogens is 1. The van der Waals surface area contributed by atoms with Crippen molar-refractivity contribution < 1.29 is 9.15 Å². The average Bonchev–Trinajstić information content (AvgIpc) is 3.05. The number of ether oxygens (including phenoxy) is 1. The maximum Gasteiger partial charge on any atom is 0.250 e. The van der Waals surface area contributed by atoms with Crippen LogP contribution in [-0.2, 0) is 30.7 Å². The molecular formula is C17H22N2O3. The second-order valence-corrected chi connectivity index (χ2v) is 5.74. The quantitative estimate of drug-likeness (QED) is 0.883. The Hall–Kier alpha value is -1.85. The fourth-order valence-corrected chi connectivity index (χ4v) is 3.08. The lowest BCUT2D eigenvalue weighted by Crippen LogP contribution is -2.37. The third-order valence-electron chi connectivity index (χ3n) is 4.28. The normalized spacial score (nSPS) is 17.4. The summed E-state index contributed by atoms with van der Waals surface area (Å²) in [5, 5.41) is 3.57. The van der Waals surface area contributed by atoms with Crippen LogP contribution in [0.5, 0.6) is 0 Å². The molecule has 1 atom stereocenters. The van der Waals surface area contributed by atoms with Gasteiger partial charge in [-0.25, -0.2) is 0 Å². The molecule has 5 nitrogen and oxygen atoms in total. The minimum Gasteiger partial charge on any atom is -0.472 e. The largest absolute Gasteiger partial charge is 0.472 e. The van der Waals surface area contributed by atoms with Gasteiger partial charge in [0.1, 0.15) is 0 Å². The summed E-state index contributed by atoms with van der Waals surface area (Å²) in [6.45, 7) is 2.02. The van der Waals surface area contributed by atoms with Crippen molar-refractivity contribution in [2.24, 2.45) is 0 Å². The fourth-order valence-electron chi connectivity index (χ4n) is 3.08. The number of hydrogen-bond acceptors (Lipinski definition) is 4. The highest BCUT2D eigenvalue weighted by atomic mass is 16.5. The number of nitrogens with zero attached hydrogens (tertiary/aromatic N) is 1. The summed E-state index contributed by atoms with van der Waals surface area (Å²) in [5.74, 6) is 0. The van der Waals surface area contributed by atoms with Gasteiger partial charge in [0.2, 0.25) is 0 Å². The van der Waals surface area contributed by atoms with Gasteiger partial charge in [0.05, 0.1) is 19.1 Å². The van der Waals surface area contributed by atoms with E-state index in [1.54, 1.807) is 25.7 Å². The zero-order valence-corrected chi connectivity index (χ0v) is 12.9. The van der Waals surface area contributed by atoms with Crippen molar-refractivity contribution in [3.8, 4) is 0 Å². The van der Waals surface area contributed by atoms with Gasteiger partial charge in [-0.15, -0.1) is 0 Å². The predicted molar refractivity (Wildman–Crippen MR) is 83.9 cm³/mol. The van der Waals surface area contributed by atoms with Crippen molar-refractivity contribution in [3.05, 3.63) is 57.9 Å². The maximum absolute atomic E-state index is 12.0. The first-order valence-corrected chi connectivity index (χ1v) is 7.73. The summed E-state index contributed by atoms with van der Waals surface area (Å²) in [6.07, 6.45) is 6.40. The molecule has 22 heavy (non-hydrogen) atoms. The first kappa shape index (κ1) is 15.1. The zero-order chi connectivity index (χ0) is 15.4. The fraction of sp³-hybridized carbons (Fsp3) is 0.471. The number of hydrogen-bond donors (Lipinski definition) is 1. The van der Waals surface area contributed by atoms with E-state index in [1.807, 2.05) is 16.7 Å². The first-order valence-electron chi connectivity index (χ1n) is 7.73. The highest BCUT2D eigenvalue weighted by Gasteiger charge is 2.21. The van der Waals surface area contributed by atoms with Gasteiger partial charge in [-0.2, -0.15) is 0 Å². The number of pyridine rings is 1. The van der Waals surface area contributed by atoms with Crippen molar-refractivity contribution in [1.29, 1.82) is 0 Å². The molecule has 0 fully saturated rings. The van der Waals surface area contributed by atoms with E-state index in [0.717, 1.165) is 31.4 Å². The summed E-state index contributed by atoms with van der Waals surface area (Å²) >= 11 is 0. The molecule has 2 heterocycles. The molecule has 118 valence electrons. The molecule has 0 aliphatic heterocycles. The number of fused-ring (bicyclic) bond motifs is 1. The predicted octanol–water partition coefficient (Wildman–Crippen LogP) is 1.73. The van der Waals surface area contributed by atoms with Crippen LogP contribution in [0.1, 0.15) is 23.2 Å². The number of methoxy groups -OCH3 is 1. The topological polar surface area (TPSA) is 56.4 Å². The maximum atomic E-state index is 12.0. The van der Waals surface area contributed by atoms with E-state index in [0.29, 0.717) is 19.2 Å². The second kappa shape index (κ2) is 6.94. The van der Waals surface area contributed by atoms with Crippen molar-refractivity contribution in [2.45, 2.75) is 38.4 Å². The SMILES string of the molecule is COCCn1c2c(ccc1=O)C[C@H](NCc1ccoc1)CC2. The van der Waals surface area contributed by atoms with E-state index in [2.05, 4.69) is 5.32 Å². The number of nitrogens with one attached hydrogen (secondary N) is 1. The van der Waals surface area contributed by atoms with Crippen molar-refractivity contribution in [1.82, 2.24) is 9.88 Å². The monoisotopic (exact) mass is 302 g/mol. The molecule has 0 amide bonds. The highest BCUT2D eigenvalue weighted by Crippen LogP contribution is 2.20. The Labute approximate surface area is 129 Å². The Kier molecular flexibility index (Phi) is 4.75. The van der Waals surface area contributed by atoms with Crippen LogP contribution in [0, 0.1) is 0 Å². The average molecular weight is 302 g/mol. The van der Waals surface area contributed by atoms with E-state index < -0.39 is 0 Å². The minimum absolute atomic E-state index is 0.0700. The molecule has 0 saturated carbocycles. The van der Waals surface area contributed by atoms with Gasteiger partial charge in [0.15, 0.2) is 0 Å². The lowest BCUT2D eigenvalue weighted by molar-refractivity contribution is 0.184. The molecule has 1 N–H and O–H groups in total. The first-order chi connectivity index (χ1) is 10.8. The van der Waals surface area contributed by atoms with Gasteiger partial charge in [-0.1, -0.05) is 6.07 Å². The highest BCUT2D eigenvalue weighted by molar-refractivity contribution is 5.25. The lowest BCUT2D eigenvalue weighted by atomic mass is 9.91. The molecule has 1 aliphatic carbocycles. The summed E-state index contributed by atoms with van der Waals surface area (Å²) in [7, 11) is 1.66. The molecule has 0 bridgehead atoms. The molecule has 1 aliphatic rings. The molecular weight excluding hydrogens is 280 g/mol. The van der Waals surface area contributed by atoms with E-state index in [4.69, 9.17) is 9.15 Å². The van der Waals surface area contributed by atoms with Gasteiger partial charge in [0.25, 0.3) is 5.56 Å². The van der Waals surface area contributed by atoms with E-state index in [-0.39, 0.29) is 5.56 Å². The third kappa shape index (κ3) is 3.31. The van der Waals surface area contributed by atoms with Crippen LogP contribution in [0.15, 0.2) is 39.9 Å². The molecule has 2 aromatic rings. The van der Waals surface area contributed by atoms with Crippen LogP contribution in [0.25, 0.3) is 0 Å². The zero-order valence-electron chi connectivity index (χ0n) is 12.9. The Morgan fingerprint density at radius 1 is 1.41 bits per heavy atom. The minimum atomic E-state index is 0.0700. The van der Waals surface area contributed by atoms with Gasteiger partial charge in [-0.3, -0.25) is 4.79 Å². The number of rotatable bonds is 6. The van der Waals surface area contributed by atoms with E-state index in [9.17, 15) is 4.79 Å².